The summed E-state index contributed by atoms with van der Waals surface area (Å²) in [7, 11) is -4.30. The molecule has 0 atom stereocenters. The lowest BCUT2D eigenvalue weighted by atomic mass is 10.2. The van der Waals surface area contributed by atoms with Crippen LogP contribution in [0.4, 0.5) is 4.20 Å². The van der Waals surface area contributed by atoms with E-state index >= 15 is 0 Å². The van der Waals surface area contributed by atoms with Gasteiger partial charge in [-0.25, -0.2) is 4.57 Å². The summed E-state index contributed by atoms with van der Waals surface area (Å²) in [5, 5.41) is 0. The summed E-state index contributed by atoms with van der Waals surface area (Å²) in [6, 6.07) is 0. The molecule has 0 bridgehead atoms. The van der Waals surface area contributed by atoms with Crippen molar-refractivity contribution in [2.75, 3.05) is 13.2 Å². The number of hydrogen-bond acceptors (Lipinski definition) is 3. The van der Waals surface area contributed by atoms with Crippen LogP contribution in [-0.4, -0.2) is 13.2 Å². The highest BCUT2D eigenvalue weighted by atomic mass is 31.2. The lowest BCUT2D eigenvalue weighted by molar-refractivity contribution is 0.169. The minimum absolute atomic E-state index is 0.188. The summed E-state index contributed by atoms with van der Waals surface area (Å²) >= 11 is 0. The van der Waals surface area contributed by atoms with Gasteiger partial charge in [0, 0.05) is 0 Å². The standard InChI is InChI=1S/C14H30FO3P/c1-3-5-7-9-11-13-17-19(15,16)18-14-12-10-8-6-4-2/h3-14H2,1-2H3. The molecule has 5 heteroatoms. The van der Waals surface area contributed by atoms with E-state index in [9.17, 15) is 8.76 Å². The molecule has 0 aromatic heterocycles. The van der Waals surface area contributed by atoms with Crippen LogP contribution in [0.5, 0.6) is 0 Å². The molecule has 116 valence electrons. The largest absolute Gasteiger partial charge is 0.513 e. The maximum Gasteiger partial charge on any atom is 0.513 e. The van der Waals surface area contributed by atoms with Crippen LogP contribution in [0.1, 0.15) is 78.1 Å². The van der Waals surface area contributed by atoms with Gasteiger partial charge in [-0.05, 0) is 12.8 Å². The first-order valence-electron chi connectivity index (χ1n) is 7.71. The van der Waals surface area contributed by atoms with Gasteiger partial charge >= 0.3 is 7.91 Å². The molecule has 0 heterocycles. The maximum atomic E-state index is 13.4. The molecule has 0 spiro atoms. The Hall–Kier alpha value is 0.0800. The Balaban J connectivity index is 3.39. The van der Waals surface area contributed by atoms with Crippen molar-refractivity contribution in [3.05, 3.63) is 0 Å². The molecular formula is C14H30FO3P. The van der Waals surface area contributed by atoms with E-state index in [0.717, 1.165) is 38.5 Å². The third-order valence-corrected chi connectivity index (χ3v) is 3.97. The Morgan fingerprint density at radius 2 is 1.11 bits per heavy atom. The van der Waals surface area contributed by atoms with Crippen LogP contribution in [0, 0.1) is 0 Å². The van der Waals surface area contributed by atoms with E-state index in [2.05, 4.69) is 13.8 Å². The molecule has 0 aliphatic heterocycles. The quantitative estimate of drug-likeness (QED) is 0.289. The molecule has 0 aliphatic carbocycles. The molecule has 0 saturated heterocycles. The number of halogens is 1. The average Bonchev–Trinajstić information content (AvgIpc) is 2.38. The third-order valence-electron chi connectivity index (χ3n) is 2.99. The zero-order valence-electron chi connectivity index (χ0n) is 12.5. The van der Waals surface area contributed by atoms with Crippen molar-refractivity contribution in [3.8, 4) is 0 Å². The zero-order chi connectivity index (χ0) is 14.4. The molecule has 0 fully saturated rings. The lowest BCUT2D eigenvalue weighted by Gasteiger charge is -2.10. The van der Waals surface area contributed by atoms with Crippen molar-refractivity contribution >= 4 is 7.91 Å². The normalized spacial score (nSPS) is 11.9. The van der Waals surface area contributed by atoms with Crippen molar-refractivity contribution in [1.82, 2.24) is 0 Å². The molecular weight excluding hydrogens is 266 g/mol. The molecule has 0 rings (SSSR count). The highest BCUT2D eigenvalue weighted by Crippen LogP contribution is 2.50. The van der Waals surface area contributed by atoms with Crippen LogP contribution < -0.4 is 0 Å². The van der Waals surface area contributed by atoms with Gasteiger partial charge < -0.3 is 0 Å². The molecule has 0 amide bonds. The summed E-state index contributed by atoms with van der Waals surface area (Å²) in [6.45, 7) is 4.65. The van der Waals surface area contributed by atoms with Crippen molar-refractivity contribution < 1.29 is 17.8 Å². The second kappa shape index (κ2) is 13.1. The van der Waals surface area contributed by atoms with E-state index < -0.39 is 7.91 Å². The highest BCUT2D eigenvalue weighted by molar-refractivity contribution is 7.48. The van der Waals surface area contributed by atoms with Crippen LogP contribution in [0.2, 0.25) is 0 Å². The van der Waals surface area contributed by atoms with Gasteiger partial charge in [0.25, 0.3) is 0 Å². The first-order valence-corrected chi connectivity index (χ1v) is 9.14. The van der Waals surface area contributed by atoms with Crippen molar-refractivity contribution in [3.63, 3.8) is 0 Å². The van der Waals surface area contributed by atoms with Crippen LogP contribution >= 0.6 is 7.91 Å². The summed E-state index contributed by atoms with van der Waals surface area (Å²) in [5.74, 6) is 0. The average molecular weight is 296 g/mol. The van der Waals surface area contributed by atoms with Crippen LogP contribution in [-0.2, 0) is 13.6 Å². The smallest absolute Gasteiger partial charge is 0.284 e. The Labute approximate surface area is 117 Å². The minimum Gasteiger partial charge on any atom is -0.284 e. The monoisotopic (exact) mass is 296 g/mol. The van der Waals surface area contributed by atoms with Crippen molar-refractivity contribution in [1.29, 1.82) is 0 Å². The van der Waals surface area contributed by atoms with Crippen molar-refractivity contribution in [2.45, 2.75) is 78.1 Å². The summed E-state index contributed by atoms with van der Waals surface area (Å²) in [4.78, 5) is 0. The molecule has 0 N–H and O–H groups in total. The molecule has 0 aromatic rings. The SMILES string of the molecule is CCCCCCCOP(=O)(F)OCCCCCCC. The zero-order valence-corrected chi connectivity index (χ0v) is 13.4. The summed E-state index contributed by atoms with van der Waals surface area (Å²) < 4.78 is 34.0. The fourth-order valence-electron chi connectivity index (χ4n) is 1.80. The van der Waals surface area contributed by atoms with Crippen LogP contribution in [0.25, 0.3) is 0 Å². The Kier molecular flexibility index (Phi) is 13.1. The Morgan fingerprint density at radius 1 is 0.737 bits per heavy atom. The van der Waals surface area contributed by atoms with Crippen LogP contribution in [0.3, 0.4) is 0 Å². The summed E-state index contributed by atoms with van der Waals surface area (Å²) in [6.07, 6.45) is 10.4. The molecule has 0 radical (unpaired) electrons. The van der Waals surface area contributed by atoms with Gasteiger partial charge in [0.15, 0.2) is 0 Å². The van der Waals surface area contributed by atoms with Crippen LogP contribution in [0.15, 0.2) is 0 Å². The molecule has 0 unspecified atom stereocenters. The molecule has 0 aliphatic rings. The molecule has 3 nitrogen and oxygen atoms in total. The van der Waals surface area contributed by atoms with E-state index in [0.29, 0.717) is 0 Å². The highest BCUT2D eigenvalue weighted by Gasteiger charge is 2.22. The maximum absolute atomic E-state index is 13.4. The van der Waals surface area contributed by atoms with Gasteiger partial charge in [-0.2, -0.15) is 0 Å². The van der Waals surface area contributed by atoms with E-state index in [-0.39, 0.29) is 13.2 Å². The van der Waals surface area contributed by atoms with Gasteiger partial charge in [-0.15, -0.1) is 4.20 Å². The fourth-order valence-corrected chi connectivity index (χ4v) is 2.56. The number of rotatable bonds is 14. The molecule has 0 saturated carbocycles. The molecule has 19 heavy (non-hydrogen) atoms. The summed E-state index contributed by atoms with van der Waals surface area (Å²) in [5.41, 5.74) is 0. The van der Waals surface area contributed by atoms with E-state index in [4.69, 9.17) is 9.05 Å². The third kappa shape index (κ3) is 14.3. The Morgan fingerprint density at radius 3 is 1.47 bits per heavy atom. The minimum atomic E-state index is -4.30. The number of unbranched alkanes of at least 4 members (excludes halogenated alkanes) is 8. The number of hydrogen-bond donors (Lipinski definition) is 0. The van der Waals surface area contributed by atoms with Gasteiger partial charge in [-0.3, -0.25) is 9.05 Å². The van der Waals surface area contributed by atoms with Crippen molar-refractivity contribution in [2.24, 2.45) is 0 Å². The van der Waals surface area contributed by atoms with Gasteiger partial charge in [0.05, 0.1) is 13.2 Å². The first kappa shape index (κ1) is 19.1. The fraction of sp³-hybridized carbons (Fsp3) is 1.00. The predicted molar refractivity (Wildman–Crippen MR) is 78.1 cm³/mol. The van der Waals surface area contributed by atoms with E-state index in [1.54, 1.807) is 0 Å². The van der Waals surface area contributed by atoms with Gasteiger partial charge in [0.1, 0.15) is 0 Å². The molecule has 0 aromatic carbocycles. The first-order chi connectivity index (χ1) is 9.12. The second-order valence-electron chi connectivity index (χ2n) is 4.93. The van der Waals surface area contributed by atoms with E-state index in [1.165, 1.54) is 25.7 Å². The lowest BCUT2D eigenvalue weighted by Crippen LogP contribution is -1.96. The van der Waals surface area contributed by atoms with Gasteiger partial charge in [0.2, 0.25) is 0 Å². The van der Waals surface area contributed by atoms with Gasteiger partial charge in [-0.1, -0.05) is 65.2 Å². The second-order valence-corrected chi connectivity index (χ2v) is 6.30. The topological polar surface area (TPSA) is 35.5 Å². The predicted octanol–water partition coefficient (Wildman–Crippen LogP) is 6.04. The van der Waals surface area contributed by atoms with E-state index in [1.807, 2.05) is 0 Å². The Bertz CT molecular complexity index is 217.